The van der Waals surface area contributed by atoms with Crippen LogP contribution >= 0.6 is 0 Å². The van der Waals surface area contributed by atoms with Crippen molar-refractivity contribution in [2.24, 2.45) is 0 Å². The molecular weight excluding hydrogens is 340 g/mol. The van der Waals surface area contributed by atoms with Crippen LogP contribution in [0.4, 0.5) is 4.79 Å². The summed E-state index contributed by atoms with van der Waals surface area (Å²) in [5, 5.41) is 2.66. The minimum Gasteiger partial charge on any atom is -0.488 e. The molecule has 0 unspecified atom stereocenters. The standard InChI is InChI=1S/C22H20N2O3/c1-16-11-12-24(22(25)23-16)13-14-26-20-7-2-3-8-21(20)27-19-10-9-17-5-4-6-18(17)15-19/h2-4,6-12,15H,1,5,13-14H2,(H,23,25). The summed E-state index contributed by atoms with van der Waals surface area (Å²) in [6.07, 6.45) is 8.68. The van der Waals surface area contributed by atoms with E-state index in [1.807, 2.05) is 36.4 Å². The molecule has 0 spiro atoms. The summed E-state index contributed by atoms with van der Waals surface area (Å²) in [6, 6.07) is 13.4. The van der Waals surface area contributed by atoms with Crippen molar-refractivity contribution in [2.45, 2.75) is 6.42 Å². The second-order valence-electron chi connectivity index (χ2n) is 6.33. The first-order valence-corrected chi connectivity index (χ1v) is 8.83. The van der Waals surface area contributed by atoms with Crippen LogP contribution in [0.1, 0.15) is 11.1 Å². The molecule has 2 amide bonds. The average Bonchev–Trinajstić information content (AvgIpc) is 3.13. The van der Waals surface area contributed by atoms with Crippen LogP contribution in [0, 0.1) is 0 Å². The van der Waals surface area contributed by atoms with E-state index in [0.717, 1.165) is 12.2 Å². The Bertz CT molecular complexity index is 946. The van der Waals surface area contributed by atoms with Gasteiger partial charge in [0.2, 0.25) is 0 Å². The van der Waals surface area contributed by atoms with Crippen molar-refractivity contribution < 1.29 is 14.3 Å². The summed E-state index contributed by atoms with van der Waals surface area (Å²) >= 11 is 0. The Kier molecular flexibility index (Phi) is 4.66. The van der Waals surface area contributed by atoms with Crippen LogP contribution in [0.3, 0.4) is 0 Å². The number of benzene rings is 2. The maximum absolute atomic E-state index is 11.9. The first-order chi connectivity index (χ1) is 13.2. The van der Waals surface area contributed by atoms with E-state index in [0.29, 0.717) is 30.3 Å². The average molecular weight is 360 g/mol. The zero-order valence-electron chi connectivity index (χ0n) is 14.9. The topological polar surface area (TPSA) is 50.8 Å². The van der Waals surface area contributed by atoms with Gasteiger partial charge in [-0.15, -0.1) is 0 Å². The van der Waals surface area contributed by atoms with E-state index in [4.69, 9.17) is 9.47 Å². The Labute approximate surface area is 158 Å². The molecule has 5 nitrogen and oxygen atoms in total. The number of urea groups is 1. The van der Waals surface area contributed by atoms with Gasteiger partial charge in [0.05, 0.1) is 6.54 Å². The van der Waals surface area contributed by atoms with Crippen LogP contribution in [0.2, 0.25) is 0 Å². The predicted octanol–water partition coefficient (Wildman–Crippen LogP) is 4.48. The molecule has 136 valence electrons. The number of ether oxygens (including phenoxy) is 2. The smallest absolute Gasteiger partial charge is 0.325 e. The SMILES string of the molecule is C=C1C=CN(CCOc2ccccc2Oc2ccc3c(c2)C=CC3)C(=O)N1. The van der Waals surface area contributed by atoms with Gasteiger partial charge in [-0.3, -0.25) is 4.90 Å². The van der Waals surface area contributed by atoms with Gasteiger partial charge >= 0.3 is 6.03 Å². The molecule has 1 aliphatic carbocycles. The minimum absolute atomic E-state index is 0.207. The van der Waals surface area contributed by atoms with Crippen LogP contribution in [0.15, 0.2) is 73.1 Å². The van der Waals surface area contributed by atoms with Gasteiger partial charge in [0, 0.05) is 11.9 Å². The maximum atomic E-state index is 11.9. The fourth-order valence-corrected chi connectivity index (χ4v) is 3.00. The molecule has 27 heavy (non-hydrogen) atoms. The monoisotopic (exact) mass is 360 g/mol. The van der Waals surface area contributed by atoms with Crippen molar-refractivity contribution in [3.05, 3.63) is 84.2 Å². The van der Waals surface area contributed by atoms with Crippen LogP contribution in [-0.4, -0.2) is 24.1 Å². The summed E-state index contributed by atoms with van der Waals surface area (Å²) in [6.45, 7) is 4.47. The Morgan fingerprint density at radius 3 is 2.81 bits per heavy atom. The van der Waals surface area contributed by atoms with Gasteiger partial charge in [0.25, 0.3) is 0 Å². The number of nitrogens with zero attached hydrogens (tertiary/aromatic N) is 1. The van der Waals surface area contributed by atoms with E-state index in [-0.39, 0.29) is 6.03 Å². The number of hydrogen-bond donors (Lipinski definition) is 1. The van der Waals surface area contributed by atoms with Gasteiger partial charge in [-0.25, -0.2) is 4.79 Å². The first-order valence-electron chi connectivity index (χ1n) is 8.83. The highest BCUT2D eigenvalue weighted by molar-refractivity contribution is 5.79. The molecule has 0 atom stereocenters. The number of nitrogens with one attached hydrogen (secondary N) is 1. The van der Waals surface area contributed by atoms with Crippen molar-refractivity contribution in [2.75, 3.05) is 13.2 Å². The molecule has 0 radical (unpaired) electrons. The van der Waals surface area contributed by atoms with E-state index in [1.165, 1.54) is 11.1 Å². The molecule has 0 bridgehead atoms. The third kappa shape index (κ3) is 3.87. The number of carbonyl (C=O) groups excluding carboxylic acids is 1. The van der Waals surface area contributed by atoms with Gasteiger partial charge in [0.15, 0.2) is 11.5 Å². The highest BCUT2D eigenvalue weighted by Crippen LogP contribution is 2.33. The lowest BCUT2D eigenvalue weighted by molar-refractivity contribution is 0.203. The number of allylic oxidation sites excluding steroid dienone is 2. The second kappa shape index (κ2) is 7.41. The number of carbonyl (C=O) groups is 1. The molecule has 0 aromatic heterocycles. The van der Waals surface area contributed by atoms with E-state index in [1.54, 1.807) is 17.2 Å². The van der Waals surface area contributed by atoms with Gasteiger partial charge in [-0.1, -0.05) is 36.9 Å². The van der Waals surface area contributed by atoms with Gasteiger partial charge in [-0.05, 0) is 47.9 Å². The lowest BCUT2D eigenvalue weighted by Gasteiger charge is -2.23. The molecule has 1 N–H and O–H groups in total. The first kappa shape index (κ1) is 17.0. The largest absolute Gasteiger partial charge is 0.488 e. The molecule has 1 heterocycles. The van der Waals surface area contributed by atoms with E-state index in [2.05, 4.69) is 30.1 Å². The van der Waals surface area contributed by atoms with Crippen molar-refractivity contribution in [1.82, 2.24) is 10.2 Å². The zero-order valence-corrected chi connectivity index (χ0v) is 14.9. The molecule has 1 aliphatic heterocycles. The lowest BCUT2D eigenvalue weighted by Crippen LogP contribution is -2.40. The molecule has 5 heteroatoms. The van der Waals surface area contributed by atoms with Gasteiger partial charge < -0.3 is 14.8 Å². The van der Waals surface area contributed by atoms with E-state index in [9.17, 15) is 4.79 Å². The summed E-state index contributed by atoms with van der Waals surface area (Å²) in [4.78, 5) is 13.4. The number of rotatable bonds is 6. The van der Waals surface area contributed by atoms with Crippen LogP contribution in [0.25, 0.3) is 6.08 Å². The molecule has 2 aromatic rings. The van der Waals surface area contributed by atoms with Crippen molar-refractivity contribution in [3.8, 4) is 17.2 Å². The summed E-state index contributed by atoms with van der Waals surface area (Å²) in [5.74, 6) is 2.05. The number of para-hydroxylation sites is 2. The predicted molar refractivity (Wildman–Crippen MR) is 105 cm³/mol. The Hall–Kier alpha value is -3.47. The van der Waals surface area contributed by atoms with Crippen molar-refractivity contribution >= 4 is 12.1 Å². The quantitative estimate of drug-likeness (QED) is 0.826. The Morgan fingerprint density at radius 2 is 1.96 bits per heavy atom. The van der Waals surface area contributed by atoms with E-state index >= 15 is 0 Å². The summed E-state index contributed by atoms with van der Waals surface area (Å²) < 4.78 is 11.9. The molecule has 0 saturated carbocycles. The second-order valence-corrected chi connectivity index (χ2v) is 6.33. The van der Waals surface area contributed by atoms with Crippen molar-refractivity contribution in [1.29, 1.82) is 0 Å². The summed E-state index contributed by atoms with van der Waals surface area (Å²) in [7, 11) is 0. The zero-order chi connectivity index (χ0) is 18.6. The van der Waals surface area contributed by atoms with Gasteiger partial charge in [0.1, 0.15) is 12.4 Å². The van der Waals surface area contributed by atoms with Crippen LogP contribution < -0.4 is 14.8 Å². The fourth-order valence-electron chi connectivity index (χ4n) is 3.00. The lowest BCUT2D eigenvalue weighted by atomic mass is 10.1. The summed E-state index contributed by atoms with van der Waals surface area (Å²) in [5.41, 5.74) is 3.08. The molecule has 2 aliphatic rings. The van der Waals surface area contributed by atoms with E-state index < -0.39 is 0 Å². The number of fused-ring (bicyclic) bond motifs is 1. The Balaban J connectivity index is 1.41. The maximum Gasteiger partial charge on any atom is 0.325 e. The molecule has 0 fully saturated rings. The van der Waals surface area contributed by atoms with Gasteiger partial charge in [-0.2, -0.15) is 0 Å². The number of hydrogen-bond acceptors (Lipinski definition) is 3. The molecular formula is C22H20N2O3. The Morgan fingerprint density at radius 1 is 1.11 bits per heavy atom. The number of amides is 2. The highest BCUT2D eigenvalue weighted by atomic mass is 16.5. The molecule has 2 aromatic carbocycles. The minimum atomic E-state index is -0.207. The van der Waals surface area contributed by atoms with Crippen LogP contribution in [0.5, 0.6) is 17.2 Å². The third-order valence-electron chi connectivity index (χ3n) is 4.40. The third-order valence-corrected chi connectivity index (χ3v) is 4.40. The normalized spacial score (nSPS) is 14.9. The van der Waals surface area contributed by atoms with Crippen molar-refractivity contribution in [3.63, 3.8) is 0 Å². The molecule has 0 saturated heterocycles. The van der Waals surface area contributed by atoms with Crippen LogP contribution in [-0.2, 0) is 6.42 Å². The fraction of sp³-hybridized carbons (Fsp3) is 0.136. The molecule has 4 rings (SSSR count). The highest BCUT2D eigenvalue weighted by Gasteiger charge is 2.15.